The highest BCUT2D eigenvalue weighted by Gasteiger charge is 2.23. The third-order valence-corrected chi connectivity index (χ3v) is 2.87. The summed E-state index contributed by atoms with van der Waals surface area (Å²) in [7, 11) is 0. The molecule has 0 aromatic heterocycles. The molecule has 134 valence electrons. The lowest BCUT2D eigenvalue weighted by Crippen LogP contribution is -2.37. The highest BCUT2D eigenvalue weighted by molar-refractivity contribution is 5.69. The first-order valence-corrected chi connectivity index (χ1v) is 8.15. The lowest BCUT2D eigenvalue weighted by Gasteiger charge is -2.26. The van der Waals surface area contributed by atoms with Crippen LogP contribution in [0.4, 0.5) is 4.79 Å². The SMILES string of the molecule is CCOC(=O)CCCN(OCc1ccccc1)C(=O)OC(C)(C)C. The Kier molecular flexibility index (Phi) is 8.26. The predicted octanol–water partition coefficient (Wildman–Crippen LogP) is 3.70. The van der Waals surface area contributed by atoms with Crippen molar-refractivity contribution >= 4 is 12.1 Å². The van der Waals surface area contributed by atoms with Gasteiger partial charge < -0.3 is 9.47 Å². The first-order chi connectivity index (χ1) is 11.3. The second-order valence-corrected chi connectivity index (χ2v) is 6.25. The van der Waals surface area contributed by atoms with Gasteiger partial charge in [-0.1, -0.05) is 30.3 Å². The summed E-state index contributed by atoms with van der Waals surface area (Å²) >= 11 is 0. The molecule has 1 amide bonds. The van der Waals surface area contributed by atoms with E-state index in [1.54, 1.807) is 27.7 Å². The van der Waals surface area contributed by atoms with Crippen molar-refractivity contribution in [3.05, 3.63) is 35.9 Å². The highest BCUT2D eigenvalue weighted by Crippen LogP contribution is 2.12. The Morgan fingerprint density at radius 1 is 1.12 bits per heavy atom. The zero-order chi connectivity index (χ0) is 18.0. The monoisotopic (exact) mass is 337 g/mol. The fourth-order valence-electron chi connectivity index (χ4n) is 1.85. The maximum Gasteiger partial charge on any atom is 0.434 e. The Bertz CT molecular complexity index is 510. The lowest BCUT2D eigenvalue weighted by molar-refractivity contribution is -0.159. The number of carbonyl (C=O) groups excluding carboxylic acids is 2. The first-order valence-electron chi connectivity index (χ1n) is 8.15. The van der Waals surface area contributed by atoms with Gasteiger partial charge in [-0.25, -0.2) is 4.79 Å². The Hall–Kier alpha value is -2.08. The molecule has 1 rings (SSSR count). The standard InChI is InChI=1S/C18H27NO5/c1-5-22-16(20)12-9-13-19(17(21)24-18(2,3)4)23-14-15-10-7-6-8-11-15/h6-8,10-11H,5,9,12-14H2,1-4H3. The minimum Gasteiger partial charge on any atom is -0.466 e. The Morgan fingerprint density at radius 3 is 2.38 bits per heavy atom. The van der Waals surface area contributed by atoms with Crippen molar-refractivity contribution < 1.29 is 23.9 Å². The summed E-state index contributed by atoms with van der Waals surface area (Å²) in [5, 5.41) is 1.16. The minimum absolute atomic E-state index is 0.224. The fraction of sp³-hybridized carbons (Fsp3) is 0.556. The van der Waals surface area contributed by atoms with E-state index in [9.17, 15) is 9.59 Å². The Morgan fingerprint density at radius 2 is 1.79 bits per heavy atom. The molecule has 0 aliphatic heterocycles. The molecule has 0 atom stereocenters. The van der Waals surface area contributed by atoms with Gasteiger partial charge in [-0.3, -0.25) is 9.63 Å². The Labute approximate surface area is 143 Å². The van der Waals surface area contributed by atoms with E-state index in [0.717, 1.165) is 10.6 Å². The van der Waals surface area contributed by atoms with Crippen molar-refractivity contribution in [2.45, 2.75) is 52.7 Å². The molecule has 0 saturated carbocycles. The van der Waals surface area contributed by atoms with Crippen LogP contribution in [0.2, 0.25) is 0 Å². The molecule has 0 N–H and O–H groups in total. The highest BCUT2D eigenvalue weighted by atomic mass is 16.7. The van der Waals surface area contributed by atoms with Crippen molar-refractivity contribution in [2.24, 2.45) is 0 Å². The average Bonchev–Trinajstić information content (AvgIpc) is 2.50. The van der Waals surface area contributed by atoms with Gasteiger partial charge >= 0.3 is 12.1 Å². The van der Waals surface area contributed by atoms with E-state index in [-0.39, 0.29) is 25.5 Å². The van der Waals surface area contributed by atoms with Crippen LogP contribution in [0.1, 0.15) is 46.1 Å². The summed E-state index contributed by atoms with van der Waals surface area (Å²) in [4.78, 5) is 29.2. The molecule has 0 radical (unpaired) electrons. The van der Waals surface area contributed by atoms with Crippen LogP contribution in [-0.2, 0) is 25.7 Å². The minimum atomic E-state index is -0.618. The Balaban J connectivity index is 2.57. The van der Waals surface area contributed by atoms with E-state index < -0.39 is 11.7 Å². The third kappa shape index (κ3) is 8.53. The molecule has 0 saturated heterocycles. The van der Waals surface area contributed by atoms with Crippen LogP contribution in [-0.4, -0.2) is 35.9 Å². The molecular formula is C18H27NO5. The van der Waals surface area contributed by atoms with E-state index >= 15 is 0 Å². The average molecular weight is 337 g/mol. The largest absolute Gasteiger partial charge is 0.466 e. The number of benzene rings is 1. The third-order valence-electron chi connectivity index (χ3n) is 2.87. The lowest BCUT2D eigenvalue weighted by atomic mass is 10.2. The van der Waals surface area contributed by atoms with Crippen LogP contribution in [0.25, 0.3) is 0 Å². The van der Waals surface area contributed by atoms with Crippen molar-refractivity contribution in [1.82, 2.24) is 5.06 Å². The number of amides is 1. The number of rotatable bonds is 8. The smallest absolute Gasteiger partial charge is 0.434 e. The second kappa shape index (κ2) is 9.93. The quantitative estimate of drug-likeness (QED) is 0.534. The summed E-state index contributed by atoms with van der Waals surface area (Å²) in [6, 6.07) is 9.53. The molecule has 0 spiro atoms. The van der Waals surface area contributed by atoms with Gasteiger partial charge in [-0.15, -0.1) is 0 Å². The first kappa shape index (κ1) is 20.0. The number of hydrogen-bond acceptors (Lipinski definition) is 5. The number of ether oxygens (including phenoxy) is 2. The molecule has 0 aliphatic rings. The van der Waals surface area contributed by atoms with Crippen molar-refractivity contribution in [3.8, 4) is 0 Å². The van der Waals surface area contributed by atoms with Gasteiger partial charge in [-0.2, -0.15) is 5.06 Å². The predicted molar refractivity (Wildman–Crippen MR) is 90.0 cm³/mol. The topological polar surface area (TPSA) is 65.1 Å². The van der Waals surface area contributed by atoms with Crippen LogP contribution in [0.3, 0.4) is 0 Å². The summed E-state index contributed by atoms with van der Waals surface area (Å²) in [6.45, 7) is 7.98. The van der Waals surface area contributed by atoms with Crippen molar-refractivity contribution in [2.75, 3.05) is 13.2 Å². The molecule has 0 heterocycles. The van der Waals surface area contributed by atoms with Crippen molar-refractivity contribution in [1.29, 1.82) is 0 Å². The summed E-state index contributed by atoms with van der Waals surface area (Å²) in [5.74, 6) is -0.287. The number of hydroxylamine groups is 2. The van der Waals surface area contributed by atoms with Crippen LogP contribution in [0.15, 0.2) is 30.3 Å². The molecule has 0 fully saturated rings. The number of carbonyl (C=O) groups is 2. The van der Waals surface area contributed by atoms with Crippen LogP contribution >= 0.6 is 0 Å². The number of hydrogen-bond donors (Lipinski definition) is 0. The van der Waals surface area contributed by atoms with Gasteiger partial charge in [0.05, 0.1) is 13.2 Å². The van der Waals surface area contributed by atoms with Crippen molar-refractivity contribution in [3.63, 3.8) is 0 Å². The molecular weight excluding hydrogens is 310 g/mol. The zero-order valence-corrected chi connectivity index (χ0v) is 14.9. The van der Waals surface area contributed by atoms with E-state index in [0.29, 0.717) is 13.0 Å². The van der Waals surface area contributed by atoms with E-state index in [1.165, 1.54) is 0 Å². The van der Waals surface area contributed by atoms with Gasteiger partial charge in [0.2, 0.25) is 0 Å². The molecule has 0 bridgehead atoms. The summed E-state index contributed by atoms with van der Waals surface area (Å²) in [5.41, 5.74) is 0.323. The second-order valence-electron chi connectivity index (χ2n) is 6.25. The summed E-state index contributed by atoms with van der Waals surface area (Å²) < 4.78 is 10.2. The molecule has 0 aliphatic carbocycles. The van der Waals surface area contributed by atoms with Gasteiger partial charge in [0.25, 0.3) is 0 Å². The fourth-order valence-corrected chi connectivity index (χ4v) is 1.85. The maximum atomic E-state index is 12.2. The van der Waals surface area contributed by atoms with Crippen LogP contribution < -0.4 is 0 Å². The zero-order valence-electron chi connectivity index (χ0n) is 14.9. The van der Waals surface area contributed by atoms with Gasteiger partial charge in [0, 0.05) is 6.42 Å². The maximum absolute atomic E-state index is 12.2. The van der Waals surface area contributed by atoms with E-state index in [1.807, 2.05) is 30.3 Å². The van der Waals surface area contributed by atoms with Gasteiger partial charge in [0.15, 0.2) is 0 Å². The molecule has 1 aromatic carbocycles. The van der Waals surface area contributed by atoms with Gasteiger partial charge in [0.1, 0.15) is 12.2 Å². The number of esters is 1. The molecule has 1 aromatic rings. The van der Waals surface area contributed by atoms with Crippen LogP contribution in [0.5, 0.6) is 0 Å². The van der Waals surface area contributed by atoms with Gasteiger partial charge in [-0.05, 0) is 39.7 Å². The normalized spacial score (nSPS) is 11.0. The summed E-state index contributed by atoms with van der Waals surface area (Å²) in [6.07, 6.45) is 0.0941. The molecule has 6 nitrogen and oxygen atoms in total. The number of nitrogens with zero attached hydrogens (tertiary/aromatic N) is 1. The van der Waals surface area contributed by atoms with Crippen LogP contribution in [0, 0.1) is 0 Å². The van der Waals surface area contributed by atoms with E-state index in [2.05, 4.69) is 0 Å². The molecule has 24 heavy (non-hydrogen) atoms. The molecule has 6 heteroatoms. The molecule has 0 unspecified atom stereocenters. The van der Waals surface area contributed by atoms with E-state index in [4.69, 9.17) is 14.3 Å².